The van der Waals surface area contributed by atoms with Gasteiger partial charge in [-0.1, -0.05) is 13.8 Å². The van der Waals surface area contributed by atoms with E-state index in [4.69, 9.17) is 9.47 Å². The molecule has 0 saturated heterocycles. The number of nitrogens with zero attached hydrogens (tertiary/aromatic N) is 3. The lowest BCUT2D eigenvalue weighted by molar-refractivity contribution is 0.0692. The molecule has 0 amide bonds. The topological polar surface area (TPSA) is 86.5 Å². The largest absolute Gasteiger partial charge is 0.493 e. The van der Waals surface area contributed by atoms with Crippen LogP contribution in [0.2, 0.25) is 0 Å². The molecule has 0 saturated carbocycles. The molecule has 7 nitrogen and oxygen atoms in total. The molecule has 1 unspecified atom stereocenters. The number of rotatable bonds is 6. The highest BCUT2D eigenvalue weighted by molar-refractivity contribution is 5.96. The molecule has 22 heavy (non-hydrogen) atoms. The van der Waals surface area contributed by atoms with E-state index in [9.17, 15) is 9.90 Å². The summed E-state index contributed by atoms with van der Waals surface area (Å²) in [5.41, 5.74) is 1.11. The molecule has 1 heterocycles. The number of benzene rings is 1. The van der Waals surface area contributed by atoms with E-state index in [-0.39, 0.29) is 17.2 Å². The molecule has 0 aliphatic heterocycles. The maximum absolute atomic E-state index is 11.6. The van der Waals surface area contributed by atoms with Crippen LogP contribution in [0.15, 0.2) is 18.3 Å². The Kier molecular flexibility index (Phi) is 4.65. The van der Waals surface area contributed by atoms with Crippen LogP contribution in [0, 0.1) is 0 Å². The zero-order valence-corrected chi connectivity index (χ0v) is 13.0. The molecule has 2 aromatic rings. The quantitative estimate of drug-likeness (QED) is 0.882. The summed E-state index contributed by atoms with van der Waals surface area (Å²) in [6.07, 6.45) is 2.58. The van der Waals surface area contributed by atoms with E-state index in [1.54, 1.807) is 18.3 Å². The summed E-state index contributed by atoms with van der Waals surface area (Å²) in [7, 11) is 2.85. The average molecular weight is 305 g/mol. The maximum atomic E-state index is 11.6. The maximum Gasteiger partial charge on any atom is 0.341 e. The molecule has 0 fully saturated rings. The summed E-state index contributed by atoms with van der Waals surface area (Å²) in [5, 5.41) is 18.1. The van der Waals surface area contributed by atoms with Crippen LogP contribution in [-0.4, -0.2) is 40.3 Å². The summed E-state index contributed by atoms with van der Waals surface area (Å²) >= 11 is 0. The lowest BCUT2D eigenvalue weighted by atomic mass is 10.1. The number of hydrogen-bond donors (Lipinski definition) is 1. The van der Waals surface area contributed by atoms with E-state index < -0.39 is 5.97 Å². The second kappa shape index (κ2) is 6.46. The third-order valence-corrected chi connectivity index (χ3v) is 3.58. The summed E-state index contributed by atoms with van der Waals surface area (Å²) in [6, 6.07) is 3.23. The van der Waals surface area contributed by atoms with Gasteiger partial charge in [0, 0.05) is 5.92 Å². The van der Waals surface area contributed by atoms with Gasteiger partial charge in [0.05, 0.1) is 26.1 Å². The fraction of sp³-hybridized carbons (Fsp3) is 0.400. The molecule has 118 valence electrons. The molecule has 0 aliphatic rings. The molecular weight excluding hydrogens is 286 g/mol. The second-order valence-electron chi connectivity index (χ2n) is 4.87. The molecule has 7 heteroatoms. The second-order valence-corrected chi connectivity index (χ2v) is 4.87. The van der Waals surface area contributed by atoms with Crippen molar-refractivity contribution in [1.29, 1.82) is 0 Å². The van der Waals surface area contributed by atoms with Gasteiger partial charge in [0.2, 0.25) is 0 Å². The van der Waals surface area contributed by atoms with Gasteiger partial charge in [-0.25, -0.2) is 4.79 Å². The standard InChI is InChI=1S/C15H19N3O4/c1-5-9(2)10-8-16-18(17-10)11-6-7-12(21-3)14(22-4)13(11)15(19)20/h6-9H,5H2,1-4H3,(H,19,20). The van der Waals surface area contributed by atoms with Gasteiger partial charge in [-0.2, -0.15) is 15.0 Å². The molecule has 0 bridgehead atoms. The fourth-order valence-corrected chi connectivity index (χ4v) is 2.12. The number of methoxy groups -OCH3 is 2. The van der Waals surface area contributed by atoms with Gasteiger partial charge in [-0.15, -0.1) is 0 Å². The van der Waals surface area contributed by atoms with Crippen molar-refractivity contribution >= 4 is 5.97 Å². The van der Waals surface area contributed by atoms with E-state index in [0.29, 0.717) is 11.4 Å². The van der Waals surface area contributed by atoms with Crippen molar-refractivity contribution in [2.75, 3.05) is 14.2 Å². The van der Waals surface area contributed by atoms with Crippen molar-refractivity contribution in [3.05, 3.63) is 29.6 Å². The molecule has 1 aromatic heterocycles. The van der Waals surface area contributed by atoms with Gasteiger partial charge >= 0.3 is 5.97 Å². The first-order valence-corrected chi connectivity index (χ1v) is 6.94. The Hall–Kier alpha value is -2.57. The zero-order valence-electron chi connectivity index (χ0n) is 13.0. The van der Waals surface area contributed by atoms with Crippen LogP contribution in [-0.2, 0) is 0 Å². The molecule has 2 rings (SSSR count). The predicted octanol–water partition coefficient (Wildman–Crippen LogP) is 2.50. The van der Waals surface area contributed by atoms with Crippen LogP contribution in [0.1, 0.15) is 42.2 Å². The minimum atomic E-state index is -1.13. The Labute approximate surface area is 128 Å². The fourth-order valence-electron chi connectivity index (χ4n) is 2.12. The number of aromatic nitrogens is 3. The molecule has 1 aromatic carbocycles. The monoisotopic (exact) mass is 305 g/mol. The van der Waals surface area contributed by atoms with Crippen molar-refractivity contribution < 1.29 is 19.4 Å². The van der Waals surface area contributed by atoms with E-state index in [0.717, 1.165) is 12.1 Å². The molecule has 1 N–H and O–H groups in total. The lowest BCUT2D eigenvalue weighted by Gasteiger charge is -2.13. The number of hydrogen-bond acceptors (Lipinski definition) is 5. The normalized spacial score (nSPS) is 12.0. The summed E-state index contributed by atoms with van der Waals surface area (Å²) in [4.78, 5) is 12.9. The Balaban J connectivity index is 2.60. The first-order valence-electron chi connectivity index (χ1n) is 6.94. The summed E-state index contributed by atoms with van der Waals surface area (Å²) < 4.78 is 10.3. The van der Waals surface area contributed by atoms with Crippen LogP contribution in [0.5, 0.6) is 11.5 Å². The Bertz CT molecular complexity index is 681. The number of carboxylic acid groups (broad SMARTS) is 1. The van der Waals surface area contributed by atoms with Crippen LogP contribution in [0.25, 0.3) is 5.69 Å². The highest BCUT2D eigenvalue weighted by Gasteiger charge is 2.23. The predicted molar refractivity (Wildman–Crippen MR) is 80.1 cm³/mol. The van der Waals surface area contributed by atoms with E-state index >= 15 is 0 Å². The van der Waals surface area contributed by atoms with Crippen LogP contribution < -0.4 is 9.47 Å². The smallest absolute Gasteiger partial charge is 0.341 e. The molecule has 1 atom stereocenters. The molecular formula is C15H19N3O4. The highest BCUT2D eigenvalue weighted by Crippen LogP contribution is 2.35. The zero-order chi connectivity index (χ0) is 16.3. The highest BCUT2D eigenvalue weighted by atomic mass is 16.5. The minimum absolute atomic E-state index is 0.0341. The third-order valence-electron chi connectivity index (χ3n) is 3.58. The average Bonchev–Trinajstić information content (AvgIpc) is 3.02. The third kappa shape index (κ3) is 2.74. The van der Waals surface area contributed by atoms with Crippen LogP contribution >= 0.6 is 0 Å². The SMILES string of the molecule is CCC(C)c1cnn(-c2ccc(OC)c(OC)c2C(=O)O)n1. The minimum Gasteiger partial charge on any atom is -0.493 e. The van der Waals surface area contributed by atoms with E-state index in [1.165, 1.54) is 19.0 Å². The Morgan fingerprint density at radius 3 is 2.64 bits per heavy atom. The van der Waals surface area contributed by atoms with Crippen molar-refractivity contribution in [3.63, 3.8) is 0 Å². The van der Waals surface area contributed by atoms with Gasteiger partial charge in [0.25, 0.3) is 0 Å². The van der Waals surface area contributed by atoms with Gasteiger partial charge in [-0.3, -0.25) is 0 Å². The van der Waals surface area contributed by atoms with Gasteiger partial charge in [0.1, 0.15) is 11.3 Å². The van der Waals surface area contributed by atoms with Crippen molar-refractivity contribution in [3.8, 4) is 17.2 Å². The molecule has 0 spiro atoms. The van der Waals surface area contributed by atoms with Crippen LogP contribution in [0.3, 0.4) is 0 Å². The first-order chi connectivity index (χ1) is 10.5. The number of ether oxygens (including phenoxy) is 2. The summed E-state index contributed by atoms with van der Waals surface area (Å²) in [6.45, 7) is 4.10. The van der Waals surface area contributed by atoms with Gasteiger partial charge in [0.15, 0.2) is 11.5 Å². The Morgan fingerprint density at radius 1 is 1.36 bits per heavy atom. The van der Waals surface area contributed by atoms with Crippen LogP contribution in [0.4, 0.5) is 0 Å². The van der Waals surface area contributed by atoms with Gasteiger partial charge in [-0.05, 0) is 18.6 Å². The molecule has 0 radical (unpaired) electrons. The van der Waals surface area contributed by atoms with Gasteiger partial charge < -0.3 is 14.6 Å². The van der Waals surface area contributed by atoms with E-state index in [2.05, 4.69) is 17.1 Å². The number of carbonyl (C=O) groups is 1. The Morgan fingerprint density at radius 2 is 2.09 bits per heavy atom. The van der Waals surface area contributed by atoms with E-state index in [1.807, 2.05) is 6.92 Å². The van der Waals surface area contributed by atoms with Crippen molar-refractivity contribution in [2.24, 2.45) is 0 Å². The number of carboxylic acids is 1. The molecule has 0 aliphatic carbocycles. The summed E-state index contributed by atoms with van der Waals surface area (Å²) in [5.74, 6) is -0.386. The first kappa shape index (κ1) is 15.8. The number of aromatic carboxylic acids is 1. The van der Waals surface area contributed by atoms with Crippen molar-refractivity contribution in [1.82, 2.24) is 15.0 Å². The lowest BCUT2D eigenvalue weighted by Crippen LogP contribution is -2.11. The van der Waals surface area contributed by atoms with Crippen molar-refractivity contribution in [2.45, 2.75) is 26.2 Å².